The van der Waals surface area contributed by atoms with Crippen molar-refractivity contribution < 1.29 is 24.2 Å². The number of carbonyl (C=O) groups excluding carboxylic acids is 1. The first kappa shape index (κ1) is 11.6. The van der Waals surface area contributed by atoms with Gasteiger partial charge in [-0.1, -0.05) is 6.08 Å². The maximum atomic E-state index is 10.8. The fraction of sp³-hybridized carbons (Fsp3) is 0.500. The fourth-order valence-electron chi connectivity index (χ4n) is 0.588. The minimum Gasteiger partial charge on any atom is -0.477 e. The first-order chi connectivity index (χ1) is 6.11. The topological polar surface area (TPSA) is 72.8 Å². The van der Waals surface area contributed by atoms with Gasteiger partial charge in [0.2, 0.25) is 0 Å². The van der Waals surface area contributed by atoms with Crippen molar-refractivity contribution in [3.8, 4) is 0 Å². The number of carboxylic acid groups (broad SMARTS) is 1. The largest absolute Gasteiger partial charge is 0.477 e. The highest BCUT2D eigenvalue weighted by Gasteiger charge is 2.20. The van der Waals surface area contributed by atoms with Crippen molar-refractivity contribution in [2.24, 2.45) is 0 Å². The smallest absolute Gasteiger partial charge is 0.374 e. The highest BCUT2D eigenvalue weighted by molar-refractivity contribution is 5.84. The van der Waals surface area contributed by atoms with Crippen LogP contribution in [-0.4, -0.2) is 29.9 Å². The van der Waals surface area contributed by atoms with Crippen LogP contribution < -0.4 is 0 Å². The molecule has 5 nitrogen and oxygen atoms in total. The summed E-state index contributed by atoms with van der Waals surface area (Å²) in [6, 6.07) is 0. The van der Waals surface area contributed by atoms with Gasteiger partial charge in [0.1, 0.15) is 0 Å². The maximum absolute atomic E-state index is 10.8. The van der Waals surface area contributed by atoms with E-state index in [2.05, 4.69) is 9.47 Å². The third-order valence-electron chi connectivity index (χ3n) is 1.05. The second-order valence-electron chi connectivity index (χ2n) is 2.06. The van der Waals surface area contributed by atoms with E-state index < -0.39 is 18.2 Å². The van der Waals surface area contributed by atoms with Crippen LogP contribution in [0.2, 0.25) is 0 Å². The summed E-state index contributed by atoms with van der Waals surface area (Å²) in [6.45, 7) is 3.40. The quantitative estimate of drug-likeness (QED) is 0.387. The van der Waals surface area contributed by atoms with Gasteiger partial charge in [-0.05, 0) is 13.8 Å². The van der Waals surface area contributed by atoms with E-state index in [1.54, 1.807) is 13.8 Å². The van der Waals surface area contributed by atoms with Crippen LogP contribution >= 0.6 is 0 Å². The van der Waals surface area contributed by atoms with E-state index in [9.17, 15) is 9.59 Å². The molecule has 0 bridgehead atoms. The second kappa shape index (κ2) is 6.19. The van der Waals surface area contributed by atoms with E-state index in [-0.39, 0.29) is 6.61 Å². The summed E-state index contributed by atoms with van der Waals surface area (Å²) in [7, 11) is 0. The molecular formula is C8H12O5. The average molecular weight is 188 g/mol. The van der Waals surface area contributed by atoms with Gasteiger partial charge in [0, 0.05) is 12.7 Å². The Morgan fingerprint density at radius 2 is 2.15 bits per heavy atom. The zero-order valence-corrected chi connectivity index (χ0v) is 7.52. The molecule has 0 radical (unpaired) electrons. The van der Waals surface area contributed by atoms with Crippen LogP contribution in [0, 0.1) is 0 Å². The van der Waals surface area contributed by atoms with Crippen molar-refractivity contribution in [3.63, 3.8) is 0 Å². The summed E-state index contributed by atoms with van der Waals surface area (Å²) < 4.78 is 9.09. The number of rotatable bonds is 5. The number of carboxylic acids is 1. The fourth-order valence-corrected chi connectivity index (χ4v) is 0.588. The lowest BCUT2D eigenvalue weighted by atomic mass is 10.5. The van der Waals surface area contributed by atoms with Gasteiger partial charge in [-0.2, -0.15) is 0 Å². The Morgan fingerprint density at radius 1 is 1.54 bits per heavy atom. The van der Waals surface area contributed by atoms with Crippen LogP contribution in [0.3, 0.4) is 0 Å². The summed E-state index contributed by atoms with van der Waals surface area (Å²) in [5.41, 5.74) is 0. The number of ether oxygens (including phenoxy) is 2. The molecule has 0 aromatic heterocycles. The Hall–Kier alpha value is -1.36. The van der Waals surface area contributed by atoms with E-state index in [1.165, 1.54) is 6.08 Å². The molecule has 74 valence electrons. The van der Waals surface area contributed by atoms with E-state index in [4.69, 9.17) is 5.11 Å². The molecule has 0 saturated carbocycles. The molecule has 0 aliphatic carbocycles. The summed E-state index contributed by atoms with van der Waals surface area (Å²) in [4.78, 5) is 21.2. The number of carbonyl (C=O) groups is 2. The van der Waals surface area contributed by atoms with E-state index in [0.717, 1.165) is 6.08 Å². The monoisotopic (exact) mass is 188 g/mol. The first-order valence-electron chi connectivity index (χ1n) is 3.79. The molecule has 0 saturated heterocycles. The van der Waals surface area contributed by atoms with E-state index >= 15 is 0 Å². The molecule has 5 heteroatoms. The van der Waals surface area contributed by atoms with Crippen molar-refractivity contribution >= 4 is 11.9 Å². The third-order valence-corrected chi connectivity index (χ3v) is 1.05. The van der Waals surface area contributed by atoms with E-state index in [0.29, 0.717) is 0 Å². The van der Waals surface area contributed by atoms with Crippen molar-refractivity contribution in [2.75, 3.05) is 6.61 Å². The zero-order valence-electron chi connectivity index (χ0n) is 7.52. The molecule has 0 fully saturated rings. The van der Waals surface area contributed by atoms with Gasteiger partial charge in [0.05, 0.1) is 0 Å². The number of hydrogen-bond acceptors (Lipinski definition) is 4. The predicted molar refractivity (Wildman–Crippen MR) is 44.0 cm³/mol. The van der Waals surface area contributed by atoms with Gasteiger partial charge in [-0.15, -0.1) is 0 Å². The van der Waals surface area contributed by atoms with Crippen molar-refractivity contribution in [1.82, 2.24) is 0 Å². The summed E-state index contributed by atoms with van der Waals surface area (Å²) in [5.74, 6) is -2.05. The molecule has 1 N–H and O–H groups in total. The minimum atomic E-state index is -1.52. The SMILES string of the molecule is CC=CC(=O)OC(OCC)C(=O)O. The molecular weight excluding hydrogens is 176 g/mol. The lowest BCUT2D eigenvalue weighted by Crippen LogP contribution is -2.29. The molecule has 0 aromatic carbocycles. The summed E-state index contributed by atoms with van der Waals surface area (Å²) in [5, 5.41) is 8.50. The minimum absolute atomic E-state index is 0.167. The molecule has 1 unspecified atom stereocenters. The van der Waals surface area contributed by atoms with Crippen LogP contribution in [-0.2, 0) is 19.1 Å². The lowest BCUT2D eigenvalue weighted by molar-refractivity contribution is -0.193. The van der Waals surface area contributed by atoms with Gasteiger partial charge in [0.25, 0.3) is 0 Å². The van der Waals surface area contributed by atoms with Crippen LogP contribution in [0.4, 0.5) is 0 Å². The molecule has 13 heavy (non-hydrogen) atoms. The number of hydrogen-bond donors (Lipinski definition) is 1. The maximum Gasteiger partial charge on any atom is 0.374 e. The molecule has 0 amide bonds. The molecule has 0 aliphatic rings. The molecule has 0 heterocycles. The Labute approximate surface area is 75.9 Å². The van der Waals surface area contributed by atoms with Crippen molar-refractivity contribution in [2.45, 2.75) is 20.1 Å². The van der Waals surface area contributed by atoms with Crippen LogP contribution in [0.1, 0.15) is 13.8 Å². The number of esters is 1. The first-order valence-corrected chi connectivity index (χ1v) is 3.79. The van der Waals surface area contributed by atoms with Gasteiger partial charge < -0.3 is 14.6 Å². The zero-order chi connectivity index (χ0) is 10.3. The summed E-state index contributed by atoms with van der Waals surface area (Å²) in [6.07, 6.45) is 1.05. The number of aliphatic carboxylic acids is 1. The Kier molecular flexibility index (Phi) is 5.54. The van der Waals surface area contributed by atoms with Gasteiger partial charge >= 0.3 is 18.2 Å². The summed E-state index contributed by atoms with van der Waals surface area (Å²) >= 11 is 0. The molecule has 0 aromatic rings. The standard InChI is InChI=1S/C8H12O5/c1-3-5-6(9)13-8(7(10)11)12-4-2/h3,5,8H,4H2,1-2H3,(H,10,11). The second-order valence-corrected chi connectivity index (χ2v) is 2.06. The highest BCUT2D eigenvalue weighted by atomic mass is 16.7. The normalized spacial score (nSPS) is 12.8. The molecule has 0 spiro atoms. The molecule has 0 rings (SSSR count). The Bertz CT molecular complexity index is 209. The predicted octanol–water partition coefficient (Wildman–Crippen LogP) is 0.553. The lowest BCUT2D eigenvalue weighted by Gasteiger charge is -2.11. The van der Waals surface area contributed by atoms with Gasteiger partial charge in [-0.25, -0.2) is 9.59 Å². The van der Waals surface area contributed by atoms with Crippen LogP contribution in [0.25, 0.3) is 0 Å². The van der Waals surface area contributed by atoms with Crippen LogP contribution in [0.5, 0.6) is 0 Å². The highest BCUT2D eigenvalue weighted by Crippen LogP contribution is 1.96. The third kappa shape index (κ3) is 4.97. The molecule has 0 aliphatic heterocycles. The van der Waals surface area contributed by atoms with Crippen molar-refractivity contribution in [3.05, 3.63) is 12.2 Å². The van der Waals surface area contributed by atoms with Gasteiger partial charge in [-0.3, -0.25) is 0 Å². The number of allylic oxidation sites excluding steroid dienone is 1. The Morgan fingerprint density at radius 3 is 2.54 bits per heavy atom. The average Bonchev–Trinajstić information content (AvgIpc) is 2.04. The van der Waals surface area contributed by atoms with Gasteiger partial charge in [0.15, 0.2) is 0 Å². The Balaban J connectivity index is 4.09. The van der Waals surface area contributed by atoms with Crippen LogP contribution in [0.15, 0.2) is 12.2 Å². The van der Waals surface area contributed by atoms with Crippen molar-refractivity contribution in [1.29, 1.82) is 0 Å². The molecule has 1 atom stereocenters. The van der Waals surface area contributed by atoms with E-state index in [1.807, 2.05) is 0 Å².